The molecule has 7 heteroatoms. The van der Waals surface area contributed by atoms with E-state index < -0.39 is 0 Å². The summed E-state index contributed by atoms with van der Waals surface area (Å²) < 4.78 is 2.31. The third kappa shape index (κ3) is 2.79. The molecule has 0 unspecified atom stereocenters. The number of aryl methyl sites for hydroxylation is 2. The van der Waals surface area contributed by atoms with E-state index in [0.29, 0.717) is 26.6 Å². The van der Waals surface area contributed by atoms with Crippen molar-refractivity contribution in [1.29, 1.82) is 0 Å². The number of carbonyl (C=O) groups excluding carboxylic acids is 1. The summed E-state index contributed by atoms with van der Waals surface area (Å²) in [4.78, 5) is 16.2. The molecule has 19 heavy (non-hydrogen) atoms. The van der Waals surface area contributed by atoms with Gasteiger partial charge in [-0.2, -0.15) is 5.10 Å². The number of carbonyl (C=O) groups is 1. The lowest BCUT2D eigenvalue weighted by Crippen LogP contribution is -2.14. The van der Waals surface area contributed by atoms with Crippen LogP contribution < -0.4 is 5.32 Å². The summed E-state index contributed by atoms with van der Waals surface area (Å²) >= 11 is 9.07. The first-order chi connectivity index (χ1) is 8.90. The Hall–Kier alpha value is -1.40. The monoisotopic (exact) mass is 342 g/mol. The largest absolute Gasteiger partial charge is 0.320 e. The number of amides is 1. The zero-order valence-corrected chi connectivity index (χ0v) is 13.0. The first-order valence-corrected chi connectivity index (χ1v) is 6.70. The van der Waals surface area contributed by atoms with Crippen molar-refractivity contribution in [2.45, 2.75) is 13.8 Å². The highest BCUT2D eigenvalue weighted by atomic mass is 79.9. The predicted molar refractivity (Wildman–Crippen MR) is 77.6 cm³/mol. The molecule has 100 valence electrons. The maximum atomic E-state index is 12.2. The van der Waals surface area contributed by atoms with E-state index >= 15 is 0 Å². The lowest BCUT2D eigenvalue weighted by atomic mass is 10.2. The summed E-state index contributed by atoms with van der Waals surface area (Å²) in [5.74, 6) is -0.209. The molecule has 0 aliphatic carbocycles. The topological polar surface area (TPSA) is 59.8 Å². The van der Waals surface area contributed by atoms with Gasteiger partial charge in [0.2, 0.25) is 0 Å². The van der Waals surface area contributed by atoms with Crippen LogP contribution >= 0.6 is 27.5 Å². The summed E-state index contributed by atoms with van der Waals surface area (Å²) in [6, 6.07) is 1.70. The Balaban J connectivity index is 2.28. The number of nitrogens with one attached hydrogen (secondary N) is 1. The number of anilines is 1. The minimum absolute atomic E-state index is 0.209. The zero-order chi connectivity index (χ0) is 14.2. The standard InChI is InChI=1S/C12H12BrClN4O/c1-6-10(7(2)18(3)17-6)12(19)16-8-4-9(13)11(14)15-5-8/h4-5H,1-3H3,(H,16,19). The fraction of sp³-hybridized carbons (Fsp3) is 0.250. The Morgan fingerprint density at radius 3 is 2.68 bits per heavy atom. The van der Waals surface area contributed by atoms with Crippen LogP contribution in [-0.4, -0.2) is 20.7 Å². The van der Waals surface area contributed by atoms with Crippen molar-refractivity contribution in [2.75, 3.05) is 5.32 Å². The van der Waals surface area contributed by atoms with Crippen LogP contribution in [0.1, 0.15) is 21.7 Å². The third-order valence-electron chi connectivity index (χ3n) is 2.79. The molecule has 0 radical (unpaired) electrons. The maximum absolute atomic E-state index is 12.2. The molecule has 0 atom stereocenters. The number of rotatable bonds is 2. The summed E-state index contributed by atoms with van der Waals surface area (Å²) in [5.41, 5.74) is 2.66. The normalized spacial score (nSPS) is 10.6. The van der Waals surface area contributed by atoms with E-state index in [2.05, 4.69) is 31.3 Å². The fourth-order valence-electron chi connectivity index (χ4n) is 1.79. The second-order valence-corrected chi connectivity index (χ2v) is 5.33. The van der Waals surface area contributed by atoms with E-state index in [0.717, 1.165) is 5.69 Å². The molecule has 2 aromatic rings. The molecule has 0 bridgehead atoms. The quantitative estimate of drug-likeness (QED) is 0.852. The number of halogens is 2. The van der Waals surface area contributed by atoms with Gasteiger partial charge in [-0.15, -0.1) is 0 Å². The molecular formula is C12H12BrClN4O. The fourth-order valence-corrected chi connectivity index (χ4v) is 2.24. The van der Waals surface area contributed by atoms with Crippen molar-refractivity contribution in [3.05, 3.63) is 38.8 Å². The second-order valence-electron chi connectivity index (χ2n) is 4.12. The van der Waals surface area contributed by atoms with E-state index in [9.17, 15) is 4.79 Å². The zero-order valence-electron chi connectivity index (χ0n) is 10.7. The molecule has 0 saturated carbocycles. The SMILES string of the molecule is Cc1nn(C)c(C)c1C(=O)Nc1cnc(Cl)c(Br)c1. The number of hydrogen-bond acceptors (Lipinski definition) is 3. The maximum Gasteiger partial charge on any atom is 0.259 e. The Morgan fingerprint density at radius 1 is 1.47 bits per heavy atom. The average Bonchev–Trinajstić information content (AvgIpc) is 2.58. The molecule has 0 fully saturated rings. The van der Waals surface area contributed by atoms with Crippen LogP contribution in [0.4, 0.5) is 5.69 Å². The van der Waals surface area contributed by atoms with E-state index in [4.69, 9.17) is 11.6 Å². The lowest BCUT2D eigenvalue weighted by Gasteiger charge is -2.06. The number of hydrogen-bond donors (Lipinski definition) is 1. The third-order valence-corrected chi connectivity index (χ3v) is 3.92. The van der Waals surface area contributed by atoms with Crippen LogP contribution in [0.25, 0.3) is 0 Å². The van der Waals surface area contributed by atoms with Crippen molar-refractivity contribution >= 4 is 39.1 Å². The Kier molecular flexibility index (Phi) is 3.91. The smallest absolute Gasteiger partial charge is 0.259 e. The van der Waals surface area contributed by atoms with Gasteiger partial charge in [-0.05, 0) is 35.8 Å². The highest BCUT2D eigenvalue weighted by molar-refractivity contribution is 9.10. The van der Waals surface area contributed by atoms with Crippen LogP contribution in [0.3, 0.4) is 0 Å². The highest BCUT2D eigenvalue weighted by Gasteiger charge is 2.17. The lowest BCUT2D eigenvalue weighted by molar-refractivity contribution is 0.102. The minimum Gasteiger partial charge on any atom is -0.320 e. The average molecular weight is 344 g/mol. The van der Waals surface area contributed by atoms with Gasteiger partial charge in [0.15, 0.2) is 0 Å². The number of aromatic nitrogens is 3. The Bertz CT molecular complexity index is 653. The Labute approximate surface area is 124 Å². The van der Waals surface area contributed by atoms with E-state index in [1.165, 1.54) is 6.20 Å². The van der Waals surface area contributed by atoms with Crippen LogP contribution in [0.15, 0.2) is 16.7 Å². The number of pyridine rings is 1. The predicted octanol–water partition coefficient (Wildman–Crippen LogP) is 3.10. The molecule has 0 aliphatic heterocycles. The molecular weight excluding hydrogens is 332 g/mol. The van der Waals surface area contributed by atoms with Crippen molar-refractivity contribution < 1.29 is 4.79 Å². The summed E-state index contributed by atoms with van der Waals surface area (Å²) in [7, 11) is 1.81. The van der Waals surface area contributed by atoms with Gasteiger partial charge < -0.3 is 5.32 Å². The van der Waals surface area contributed by atoms with Crippen LogP contribution in [-0.2, 0) is 7.05 Å². The molecule has 0 saturated heterocycles. The van der Waals surface area contributed by atoms with Crippen molar-refractivity contribution in [3.63, 3.8) is 0 Å². The molecule has 2 aromatic heterocycles. The van der Waals surface area contributed by atoms with Gasteiger partial charge in [-0.3, -0.25) is 9.48 Å². The first-order valence-electron chi connectivity index (χ1n) is 5.52. The van der Waals surface area contributed by atoms with Crippen LogP contribution in [0.5, 0.6) is 0 Å². The Morgan fingerprint density at radius 2 is 2.16 bits per heavy atom. The number of nitrogens with zero attached hydrogens (tertiary/aromatic N) is 3. The molecule has 1 N–H and O–H groups in total. The van der Waals surface area contributed by atoms with Gasteiger partial charge in [-0.25, -0.2) is 4.98 Å². The summed E-state index contributed by atoms with van der Waals surface area (Å²) in [6.07, 6.45) is 1.51. The van der Waals surface area contributed by atoms with Gasteiger partial charge in [0.25, 0.3) is 5.91 Å². The van der Waals surface area contributed by atoms with Gasteiger partial charge in [-0.1, -0.05) is 11.6 Å². The first kappa shape index (κ1) is 14.0. The van der Waals surface area contributed by atoms with Gasteiger partial charge >= 0.3 is 0 Å². The van der Waals surface area contributed by atoms with Gasteiger partial charge in [0.1, 0.15) is 5.15 Å². The van der Waals surface area contributed by atoms with Crippen LogP contribution in [0, 0.1) is 13.8 Å². The van der Waals surface area contributed by atoms with Crippen molar-refractivity contribution in [2.24, 2.45) is 7.05 Å². The van der Waals surface area contributed by atoms with Crippen molar-refractivity contribution in [3.8, 4) is 0 Å². The highest BCUT2D eigenvalue weighted by Crippen LogP contribution is 2.23. The molecule has 1 amide bonds. The molecule has 2 heterocycles. The van der Waals surface area contributed by atoms with E-state index in [1.807, 2.05) is 6.92 Å². The summed E-state index contributed by atoms with van der Waals surface area (Å²) in [6.45, 7) is 3.66. The van der Waals surface area contributed by atoms with Crippen molar-refractivity contribution in [1.82, 2.24) is 14.8 Å². The van der Waals surface area contributed by atoms with Gasteiger partial charge in [0.05, 0.1) is 27.6 Å². The van der Waals surface area contributed by atoms with Gasteiger partial charge in [0, 0.05) is 12.7 Å². The summed E-state index contributed by atoms with van der Waals surface area (Å²) in [5, 5.41) is 7.35. The minimum atomic E-state index is -0.209. The molecule has 2 rings (SSSR count). The molecule has 0 aliphatic rings. The molecule has 0 spiro atoms. The van der Waals surface area contributed by atoms with E-state index in [-0.39, 0.29) is 5.91 Å². The van der Waals surface area contributed by atoms with E-state index in [1.54, 1.807) is 24.7 Å². The molecule has 0 aromatic carbocycles. The van der Waals surface area contributed by atoms with Crippen LogP contribution in [0.2, 0.25) is 5.15 Å². The molecule has 5 nitrogen and oxygen atoms in total. The second kappa shape index (κ2) is 5.30.